The number of rotatable bonds is 5. The Hall–Kier alpha value is -4.06. The molecule has 3 aromatic carbocycles. The Labute approximate surface area is 168 Å². The van der Waals surface area contributed by atoms with Crippen molar-refractivity contribution in [3.05, 3.63) is 97.2 Å². The summed E-state index contributed by atoms with van der Waals surface area (Å²) in [6.45, 7) is 0.372. The standard InChI is InChI=1S/C23H18N6/c1-4-10-18(11-5-1)21-16-24-29(26-21)17-28-23(20-14-8-3-9-15-20)22(25-27-28)19-12-6-2-7-13-19/h1-16H,17H2. The third kappa shape index (κ3) is 3.43. The molecule has 0 aliphatic heterocycles. The largest absolute Gasteiger partial charge is 0.220 e. The molecule has 2 heterocycles. The highest BCUT2D eigenvalue weighted by Gasteiger charge is 2.17. The van der Waals surface area contributed by atoms with Crippen LogP contribution in [0.3, 0.4) is 0 Å². The number of benzene rings is 3. The van der Waals surface area contributed by atoms with Crippen LogP contribution in [0, 0.1) is 0 Å². The van der Waals surface area contributed by atoms with Gasteiger partial charge in [-0.3, -0.25) is 0 Å². The van der Waals surface area contributed by atoms with Crippen LogP contribution in [-0.2, 0) is 6.67 Å². The Morgan fingerprint density at radius 2 is 1.24 bits per heavy atom. The predicted molar refractivity (Wildman–Crippen MR) is 112 cm³/mol. The molecule has 0 aliphatic rings. The van der Waals surface area contributed by atoms with E-state index in [-0.39, 0.29) is 0 Å². The van der Waals surface area contributed by atoms with Gasteiger partial charge >= 0.3 is 0 Å². The van der Waals surface area contributed by atoms with E-state index in [0.29, 0.717) is 6.67 Å². The molecule has 6 nitrogen and oxygen atoms in total. The maximum Gasteiger partial charge on any atom is 0.155 e. The molecular formula is C23H18N6. The molecule has 0 fully saturated rings. The molecule has 0 amide bonds. The van der Waals surface area contributed by atoms with Crippen molar-refractivity contribution in [1.29, 1.82) is 0 Å². The minimum absolute atomic E-state index is 0.372. The normalized spacial score (nSPS) is 10.9. The zero-order valence-corrected chi connectivity index (χ0v) is 15.6. The van der Waals surface area contributed by atoms with Crippen molar-refractivity contribution in [2.45, 2.75) is 6.67 Å². The molecule has 2 aromatic heterocycles. The lowest BCUT2D eigenvalue weighted by atomic mass is 10.0. The smallest absolute Gasteiger partial charge is 0.155 e. The van der Waals surface area contributed by atoms with Crippen molar-refractivity contribution >= 4 is 0 Å². The lowest BCUT2D eigenvalue weighted by molar-refractivity contribution is 0.447. The van der Waals surface area contributed by atoms with Crippen molar-refractivity contribution in [3.63, 3.8) is 0 Å². The highest BCUT2D eigenvalue weighted by molar-refractivity contribution is 5.77. The van der Waals surface area contributed by atoms with Crippen molar-refractivity contribution in [2.24, 2.45) is 0 Å². The van der Waals surface area contributed by atoms with Gasteiger partial charge in [-0.2, -0.15) is 15.0 Å². The molecule has 0 spiro atoms. The van der Waals surface area contributed by atoms with E-state index in [2.05, 4.69) is 32.6 Å². The van der Waals surface area contributed by atoms with E-state index in [0.717, 1.165) is 33.8 Å². The van der Waals surface area contributed by atoms with Gasteiger partial charge in [-0.15, -0.1) is 5.10 Å². The summed E-state index contributed by atoms with van der Waals surface area (Å²) in [6, 6.07) is 30.3. The molecule has 0 atom stereocenters. The van der Waals surface area contributed by atoms with Gasteiger partial charge in [0.1, 0.15) is 11.4 Å². The van der Waals surface area contributed by atoms with Gasteiger partial charge in [0, 0.05) is 16.7 Å². The lowest BCUT2D eigenvalue weighted by Crippen LogP contribution is -2.13. The average Bonchev–Trinajstić information content (AvgIpc) is 3.43. The summed E-state index contributed by atoms with van der Waals surface area (Å²) in [7, 11) is 0. The van der Waals surface area contributed by atoms with E-state index in [1.165, 1.54) is 0 Å². The summed E-state index contributed by atoms with van der Waals surface area (Å²) in [5, 5.41) is 17.9. The quantitative estimate of drug-likeness (QED) is 0.455. The van der Waals surface area contributed by atoms with Crippen LogP contribution in [0.15, 0.2) is 97.2 Å². The second-order valence-electron chi connectivity index (χ2n) is 6.63. The SMILES string of the molecule is c1ccc(-c2cnn(Cn3nnc(-c4ccccc4)c3-c3ccccc3)n2)cc1. The Balaban J connectivity index is 1.54. The van der Waals surface area contributed by atoms with E-state index in [9.17, 15) is 0 Å². The summed E-state index contributed by atoms with van der Waals surface area (Å²) >= 11 is 0. The summed E-state index contributed by atoms with van der Waals surface area (Å²) in [5.74, 6) is 0. The molecule has 6 heteroatoms. The first-order valence-corrected chi connectivity index (χ1v) is 9.38. The second kappa shape index (κ2) is 7.52. The minimum atomic E-state index is 0.372. The Morgan fingerprint density at radius 1 is 0.655 bits per heavy atom. The van der Waals surface area contributed by atoms with Crippen LogP contribution in [0.4, 0.5) is 0 Å². The van der Waals surface area contributed by atoms with Gasteiger partial charge in [0.15, 0.2) is 6.67 Å². The van der Waals surface area contributed by atoms with E-state index in [1.54, 1.807) is 11.0 Å². The van der Waals surface area contributed by atoms with Crippen LogP contribution < -0.4 is 0 Å². The van der Waals surface area contributed by atoms with E-state index in [4.69, 9.17) is 0 Å². The van der Waals surface area contributed by atoms with Crippen molar-refractivity contribution in [1.82, 2.24) is 30.0 Å². The van der Waals surface area contributed by atoms with Crippen LogP contribution in [0.2, 0.25) is 0 Å². The zero-order valence-electron chi connectivity index (χ0n) is 15.6. The molecule has 0 radical (unpaired) electrons. The van der Waals surface area contributed by atoms with Gasteiger partial charge in [-0.05, 0) is 0 Å². The van der Waals surface area contributed by atoms with Crippen molar-refractivity contribution in [3.8, 4) is 33.8 Å². The fourth-order valence-electron chi connectivity index (χ4n) is 3.31. The van der Waals surface area contributed by atoms with Crippen LogP contribution >= 0.6 is 0 Å². The molecule has 29 heavy (non-hydrogen) atoms. The third-order valence-electron chi connectivity index (χ3n) is 4.70. The molecule has 0 saturated carbocycles. The van der Waals surface area contributed by atoms with Gasteiger partial charge in [0.2, 0.25) is 0 Å². The van der Waals surface area contributed by atoms with Crippen LogP contribution in [0.25, 0.3) is 33.8 Å². The first-order valence-electron chi connectivity index (χ1n) is 9.38. The van der Waals surface area contributed by atoms with Crippen molar-refractivity contribution in [2.75, 3.05) is 0 Å². The molecule has 0 saturated heterocycles. The molecule has 140 valence electrons. The Bertz CT molecular complexity index is 1210. The highest BCUT2D eigenvalue weighted by atomic mass is 15.6. The van der Waals surface area contributed by atoms with Gasteiger partial charge in [-0.25, -0.2) is 4.68 Å². The number of hydrogen-bond acceptors (Lipinski definition) is 4. The van der Waals surface area contributed by atoms with Crippen LogP contribution in [-0.4, -0.2) is 30.0 Å². The second-order valence-corrected chi connectivity index (χ2v) is 6.63. The molecule has 5 rings (SSSR count). The fourth-order valence-corrected chi connectivity index (χ4v) is 3.31. The topological polar surface area (TPSA) is 61.4 Å². The van der Waals surface area contributed by atoms with Crippen LogP contribution in [0.5, 0.6) is 0 Å². The monoisotopic (exact) mass is 378 g/mol. The summed E-state index contributed by atoms with van der Waals surface area (Å²) in [6.07, 6.45) is 1.77. The molecular weight excluding hydrogens is 360 g/mol. The maximum absolute atomic E-state index is 4.61. The first-order chi connectivity index (χ1) is 14.4. The average molecular weight is 378 g/mol. The van der Waals surface area contributed by atoms with E-state index in [1.807, 2.05) is 83.5 Å². The van der Waals surface area contributed by atoms with Crippen molar-refractivity contribution < 1.29 is 0 Å². The molecule has 0 unspecified atom stereocenters. The molecule has 0 bridgehead atoms. The summed E-state index contributed by atoms with van der Waals surface area (Å²) in [4.78, 5) is 1.64. The first kappa shape index (κ1) is 17.1. The van der Waals surface area contributed by atoms with Gasteiger partial charge in [0.05, 0.1) is 11.9 Å². The Morgan fingerprint density at radius 3 is 1.90 bits per heavy atom. The van der Waals surface area contributed by atoms with E-state index < -0.39 is 0 Å². The Kier molecular flexibility index (Phi) is 4.42. The summed E-state index contributed by atoms with van der Waals surface area (Å²) < 4.78 is 1.84. The van der Waals surface area contributed by atoms with E-state index >= 15 is 0 Å². The number of hydrogen-bond donors (Lipinski definition) is 0. The lowest BCUT2D eigenvalue weighted by Gasteiger charge is -2.08. The molecule has 5 aromatic rings. The molecule has 0 N–H and O–H groups in total. The van der Waals surface area contributed by atoms with Crippen LogP contribution in [0.1, 0.15) is 0 Å². The van der Waals surface area contributed by atoms with Gasteiger partial charge < -0.3 is 0 Å². The van der Waals surface area contributed by atoms with Gasteiger partial charge in [-0.1, -0.05) is 96.2 Å². The predicted octanol–water partition coefficient (Wildman–Crippen LogP) is 4.38. The zero-order chi connectivity index (χ0) is 19.5. The minimum Gasteiger partial charge on any atom is -0.220 e. The third-order valence-corrected chi connectivity index (χ3v) is 4.70. The summed E-state index contributed by atoms with van der Waals surface area (Å²) in [5.41, 5.74) is 5.71. The molecule has 0 aliphatic carbocycles. The maximum atomic E-state index is 4.61. The fraction of sp³-hybridized carbons (Fsp3) is 0.0435. The number of nitrogens with zero attached hydrogens (tertiary/aromatic N) is 6. The highest BCUT2D eigenvalue weighted by Crippen LogP contribution is 2.30. The number of aromatic nitrogens is 6. The van der Waals surface area contributed by atoms with Gasteiger partial charge in [0.25, 0.3) is 0 Å².